The number of amides is 1. The zero-order valence-electron chi connectivity index (χ0n) is 10.7. The first-order valence-corrected chi connectivity index (χ1v) is 5.88. The van der Waals surface area contributed by atoms with Gasteiger partial charge in [0.25, 0.3) is 5.91 Å². The van der Waals surface area contributed by atoms with E-state index in [2.05, 4.69) is 10.4 Å². The van der Waals surface area contributed by atoms with Crippen LogP contribution in [0.5, 0.6) is 0 Å². The number of nitrogens with one attached hydrogen (secondary N) is 1. The summed E-state index contributed by atoms with van der Waals surface area (Å²) < 4.78 is 15.3. The van der Waals surface area contributed by atoms with Crippen molar-refractivity contribution in [3.8, 4) is 0 Å². The van der Waals surface area contributed by atoms with Crippen LogP contribution in [0.1, 0.15) is 30.2 Å². The van der Waals surface area contributed by atoms with E-state index >= 15 is 0 Å². The summed E-state index contributed by atoms with van der Waals surface area (Å²) in [5, 5.41) is 6.68. The highest BCUT2D eigenvalue weighted by atomic mass is 19.1. The molecule has 0 aliphatic heterocycles. The Hall–Kier alpha value is -2.37. The first-order chi connectivity index (χ1) is 8.97. The third-order valence-electron chi connectivity index (χ3n) is 2.63. The van der Waals surface area contributed by atoms with Crippen molar-refractivity contribution in [1.29, 1.82) is 0 Å². The Morgan fingerprint density at radius 1 is 1.47 bits per heavy atom. The molecule has 0 unspecified atom stereocenters. The molecule has 0 aliphatic carbocycles. The smallest absolute Gasteiger partial charge is 0.258 e. The molecule has 0 saturated heterocycles. The number of aromatic nitrogens is 2. The van der Waals surface area contributed by atoms with Gasteiger partial charge in [-0.1, -0.05) is 0 Å². The van der Waals surface area contributed by atoms with Gasteiger partial charge in [-0.05, 0) is 32.0 Å². The second-order valence-electron chi connectivity index (χ2n) is 4.50. The molecule has 1 aromatic carbocycles. The molecular weight excluding hydrogens is 247 g/mol. The lowest BCUT2D eigenvalue weighted by Gasteiger charge is -2.05. The Bertz CT molecular complexity index is 606. The van der Waals surface area contributed by atoms with E-state index in [-0.39, 0.29) is 17.3 Å². The Morgan fingerprint density at radius 3 is 2.79 bits per heavy atom. The Kier molecular flexibility index (Phi) is 3.50. The van der Waals surface area contributed by atoms with Crippen molar-refractivity contribution in [1.82, 2.24) is 9.78 Å². The van der Waals surface area contributed by atoms with Crippen LogP contribution < -0.4 is 11.1 Å². The number of hydrogen-bond acceptors (Lipinski definition) is 3. The topological polar surface area (TPSA) is 72.9 Å². The zero-order chi connectivity index (χ0) is 14.0. The van der Waals surface area contributed by atoms with Crippen molar-refractivity contribution in [2.75, 3.05) is 11.1 Å². The monoisotopic (exact) mass is 262 g/mol. The van der Waals surface area contributed by atoms with Gasteiger partial charge in [0.2, 0.25) is 0 Å². The highest BCUT2D eigenvalue weighted by Crippen LogP contribution is 2.15. The molecule has 0 aliphatic rings. The van der Waals surface area contributed by atoms with Crippen LogP contribution in [0.4, 0.5) is 15.8 Å². The van der Waals surface area contributed by atoms with E-state index in [4.69, 9.17) is 5.73 Å². The number of benzene rings is 1. The van der Waals surface area contributed by atoms with Crippen LogP contribution >= 0.6 is 0 Å². The highest BCUT2D eigenvalue weighted by molar-refractivity contribution is 6.04. The van der Waals surface area contributed by atoms with Crippen molar-refractivity contribution in [2.24, 2.45) is 0 Å². The number of nitrogens with zero attached hydrogens (tertiary/aromatic N) is 2. The number of carbonyl (C=O) groups excluding carboxylic acids is 1. The van der Waals surface area contributed by atoms with Crippen LogP contribution in [0.3, 0.4) is 0 Å². The normalized spacial score (nSPS) is 10.7. The van der Waals surface area contributed by atoms with Crippen molar-refractivity contribution in [2.45, 2.75) is 19.9 Å². The van der Waals surface area contributed by atoms with E-state index in [9.17, 15) is 9.18 Å². The first kappa shape index (κ1) is 13.1. The predicted octanol–water partition coefficient (Wildman–Crippen LogP) is 2.44. The maximum absolute atomic E-state index is 13.6. The number of rotatable bonds is 3. The van der Waals surface area contributed by atoms with Crippen LogP contribution in [0.15, 0.2) is 30.6 Å². The van der Waals surface area contributed by atoms with E-state index < -0.39 is 11.7 Å². The summed E-state index contributed by atoms with van der Waals surface area (Å²) in [4.78, 5) is 11.9. The minimum atomic E-state index is -0.645. The molecule has 0 bridgehead atoms. The quantitative estimate of drug-likeness (QED) is 0.834. The van der Waals surface area contributed by atoms with E-state index in [1.165, 1.54) is 18.3 Å². The lowest BCUT2D eigenvalue weighted by Crippen LogP contribution is -2.13. The summed E-state index contributed by atoms with van der Waals surface area (Å²) in [6, 6.07) is 4.15. The van der Waals surface area contributed by atoms with Crippen molar-refractivity contribution < 1.29 is 9.18 Å². The van der Waals surface area contributed by atoms with E-state index in [0.717, 1.165) is 6.07 Å². The molecule has 0 spiro atoms. The Morgan fingerprint density at radius 2 is 2.21 bits per heavy atom. The van der Waals surface area contributed by atoms with E-state index in [1.807, 2.05) is 13.8 Å². The van der Waals surface area contributed by atoms with Gasteiger partial charge in [-0.2, -0.15) is 5.10 Å². The molecular formula is C13H15FN4O. The summed E-state index contributed by atoms with van der Waals surface area (Å²) in [5.74, 6) is -1.17. The summed E-state index contributed by atoms with van der Waals surface area (Å²) in [5.41, 5.74) is 6.18. The molecule has 0 fully saturated rings. The third-order valence-corrected chi connectivity index (χ3v) is 2.63. The van der Waals surface area contributed by atoms with Crippen LogP contribution in [0.2, 0.25) is 0 Å². The van der Waals surface area contributed by atoms with Crippen molar-refractivity contribution in [3.63, 3.8) is 0 Å². The average Bonchev–Trinajstić information content (AvgIpc) is 2.77. The molecule has 5 nitrogen and oxygen atoms in total. The molecule has 0 radical (unpaired) electrons. The van der Waals surface area contributed by atoms with E-state index in [0.29, 0.717) is 5.69 Å². The lowest BCUT2D eigenvalue weighted by atomic mass is 10.2. The largest absolute Gasteiger partial charge is 0.399 e. The number of hydrogen-bond donors (Lipinski definition) is 2. The van der Waals surface area contributed by atoms with Gasteiger partial charge >= 0.3 is 0 Å². The van der Waals surface area contributed by atoms with Crippen LogP contribution in [0, 0.1) is 5.82 Å². The molecule has 3 N–H and O–H groups in total. The van der Waals surface area contributed by atoms with Crippen molar-refractivity contribution in [3.05, 3.63) is 42.0 Å². The fourth-order valence-corrected chi connectivity index (χ4v) is 1.60. The maximum Gasteiger partial charge on any atom is 0.258 e. The Balaban J connectivity index is 2.16. The number of carbonyl (C=O) groups is 1. The van der Waals surface area contributed by atoms with Crippen LogP contribution in [0.25, 0.3) is 0 Å². The molecule has 100 valence electrons. The minimum Gasteiger partial charge on any atom is -0.399 e. The summed E-state index contributed by atoms with van der Waals surface area (Å²) in [6.45, 7) is 3.94. The lowest BCUT2D eigenvalue weighted by molar-refractivity contribution is 0.102. The molecule has 1 amide bonds. The van der Waals surface area contributed by atoms with Gasteiger partial charge in [-0.15, -0.1) is 0 Å². The third kappa shape index (κ3) is 2.90. The van der Waals surface area contributed by atoms with Crippen LogP contribution in [-0.4, -0.2) is 15.7 Å². The number of halogens is 1. The second-order valence-corrected chi connectivity index (χ2v) is 4.50. The van der Waals surface area contributed by atoms with Crippen molar-refractivity contribution >= 4 is 17.3 Å². The fourth-order valence-electron chi connectivity index (χ4n) is 1.60. The van der Waals surface area contributed by atoms with Gasteiger partial charge in [-0.3, -0.25) is 9.48 Å². The van der Waals surface area contributed by atoms with Crippen LogP contribution in [-0.2, 0) is 0 Å². The molecule has 1 heterocycles. The summed E-state index contributed by atoms with van der Waals surface area (Å²) in [7, 11) is 0. The molecule has 2 aromatic rings. The average molecular weight is 262 g/mol. The zero-order valence-corrected chi connectivity index (χ0v) is 10.7. The highest BCUT2D eigenvalue weighted by Gasteiger charge is 2.13. The first-order valence-electron chi connectivity index (χ1n) is 5.88. The second kappa shape index (κ2) is 5.09. The maximum atomic E-state index is 13.6. The van der Waals surface area contributed by atoms with Gasteiger partial charge in [0, 0.05) is 17.9 Å². The molecule has 0 saturated carbocycles. The summed E-state index contributed by atoms with van der Waals surface area (Å²) >= 11 is 0. The molecule has 0 atom stereocenters. The van der Waals surface area contributed by atoms with E-state index in [1.54, 1.807) is 10.9 Å². The molecule has 19 heavy (non-hydrogen) atoms. The molecule has 1 aromatic heterocycles. The predicted molar refractivity (Wildman–Crippen MR) is 71.4 cm³/mol. The standard InChI is InChI=1S/C13H15FN4O/c1-8(2)18-7-10(6-16-18)17-13(19)11-4-3-9(15)5-12(11)14/h3-8H,15H2,1-2H3,(H,17,19). The van der Waals surface area contributed by atoms with Gasteiger partial charge in [0.05, 0.1) is 17.4 Å². The number of anilines is 2. The fraction of sp³-hybridized carbons (Fsp3) is 0.231. The Labute approximate surface area is 110 Å². The summed E-state index contributed by atoms with van der Waals surface area (Å²) in [6.07, 6.45) is 3.21. The SMILES string of the molecule is CC(C)n1cc(NC(=O)c2ccc(N)cc2F)cn1. The van der Waals surface area contributed by atoms with Gasteiger partial charge in [-0.25, -0.2) is 4.39 Å². The number of nitrogen functional groups attached to an aromatic ring is 1. The van der Waals surface area contributed by atoms with Gasteiger partial charge < -0.3 is 11.1 Å². The minimum absolute atomic E-state index is 0.0495. The van der Waals surface area contributed by atoms with Gasteiger partial charge in [0.15, 0.2) is 0 Å². The molecule has 6 heteroatoms. The molecule has 2 rings (SSSR count). The van der Waals surface area contributed by atoms with Gasteiger partial charge in [0.1, 0.15) is 5.82 Å². The number of nitrogens with two attached hydrogens (primary N) is 1.